The van der Waals surface area contributed by atoms with E-state index in [2.05, 4.69) is 5.32 Å². The molecule has 0 spiro atoms. The Morgan fingerprint density at radius 1 is 1.08 bits per heavy atom. The van der Waals surface area contributed by atoms with E-state index in [4.69, 9.17) is 4.74 Å². The van der Waals surface area contributed by atoms with E-state index in [1.165, 1.54) is 4.90 Å². The Morgan fingerprint density at radius 2 is 1.84 bits per heavy atom. The van der Waals surface area contributed by atoms with Crippen molar-refractivity contribution in [3.63, 3.8) is 0 Å². The van der Waals surface area contributed by atoms with Crippen molar-refractivity contribution in [3.8, 4) is 5.75 Å². The van der Waals surface area contributed by atoms with Gasteiger partial charge < -0.3 is 10.1 Å². The van der Waals surface area contributed by atoms with Crippen LogP contribution >= 0.6 is 0 Å². The maximum absolute atomic E-state index is 12.7. The first-order chi connectivity index (χ1) is 12.1. The predicted octanol–water partition coefficient (Wildman–Crippen LogP) is 3.91. The molecule has 1 aliphatic rings. The number of benzene rings is 2. The number of nitrogens with one attached hydrogen (secondary N) is 1. The lowest BCUT2D eigenvalue weighted by Crippen LogP contribution is -2.44. The molecule has 1 saturated heterocycles. The zero-order valence-electron chi connectivity index (χ0n) is 14.5. The van der Waals surface area contributed by atoms with Crippen molar-refractivity contribution in [2.24, 2.45) is 0 Å². The highest BCUT2D eigenvalue weighted by molar-refractivity contribution is 5.97. The molecule has 2 amide bonds. The van der Waals surface area contributed by atoms with Gasteiger partial charge in [0.2, 0.25) is 5.91 Å². The third-order valence-corrected chi connectivity index (χ3v) is 4.60. The second-order valence-corrected chi connectivity index (χ2v) is 6.27. The minimum Gasteiger partial charge on any atom is -0.410 e. The van der Waals surface area contributed by atoms with Gasteiger partial charge in [0.05, 0.1) is 0 Å². The zero-order valence-corrected chi connectivity index (χ0v) is 14.5. The van der Waals surface area contributed by atoms with Gasteiger partial charge in [-0.1, -0.05) is 30.3 Å². The fourth-order valence-corrected chi connectivity index (χ4v) is 3.01. The predicted molar refractivity (Wildman–Crippen MR) is 96.7 cm³/mol. The van der Waals surface area contributed by atoms with Gasteiger partial charge in [0.25, 0.3) is 0 Å². The van der Waals surface area contributed by atoms with Crippen molar-refractivity contribution >= 4 is 17.7 Å². The van der Waals surface area contributed by atoms with Gasteiger partial charge in [0.15, 0.2) is 0 Å². The van der Waals surface area contributed by atoms with Gasteiger partial charge in [-0.2, -0.15) is 0 Å². The highest BCUT2D eigenvalue weighted by atomic mass is 16.6. The lowest BCUT2D eigenvalue weighted by Gasteiger charge is -2.23. The Hall–Kier alpha value is -2.82. The number of nitrogens with zero attached hydrogens (tertiary/aromatic N) is 1. The van der Waals surface area contributed by atoms with Crippen molar-refractivity contribution in [1.29, 1.82) is 0 Å². The molecule has 2 aromatic carbocycles. The van der Waals surface area contributed by atoms with Crippen molar-refractivity contribution in [1.82, 2.24) is 4.90 Å². The van der Waals surface area contributed by atoms with Crippen LogP contribution in [0.15, 0.2) is 48.5 Å². The maximum atomic E-state index is 12.7. The summed E-state index contributed by atoms with van der Waals surface area (Å²) in [5, 5.41) is 2.95. The number of carbonyl (C=O) groups excluding carboxylic acids is 2. The summed E-state index contributed by atoms with van der Waals surface area (Å²) in [6, 6.07) is 14.2. The Balaban J connectivity index is 1.69. The number of para-hydroxylation sites is 1. The third-order valence-electron chi connectivity index (χ3n) is 4.60. The van der Waals surface area contributed by atoms with Crippen LogP contribution in [-0.2, 0) is 4.79 Å². The molecule has 0 saturated carbocycles. The molecule has 5 nitrogen and oxygen atoms in total. The Morgan fingerprint density at radius 3 is 2.60 bits per heavy atom. The highest BCUT2D eigenvalue weighted by Gasteiger charge is 2.35. The summed E-state index contributed by atoms with van der Waals surface area (Å²) in [6.45, 7) is 4.50. The summed E-state index contributed by atoms with van der Waals surface area (Å²) in [7, 11) is 0. The van der Waals surface area contributed by atoms with Crippen LogP contribution in [0.1, 0.15) is 24.0 Å². The lowest BCUT2D eigenvalue weighted by molar-refractivity contribution is -0.119. The van der Waals surface area contributed by atoms with Crippen LogP contribution in [0.25, 0.3) is 0 Å². The molecule has 0 aromatic heterocycles. The third kappa shape index (κ3) is 3.82. The Kier molecular flexibility index (Phi) is 5.03. The van der Waals surface area contributed by atoms with Gasteiger partial charge in [-0.15, -0.1) is 0 Å². The van der Waals surface area contributed by atoms with E-state index < -0.39 is 12.1 Å². The van der Waals surface area contributed by atoms with E-state index in [0.717, 1.165) is 23.2 Å². The number of amides is 2. The molecule has 25 heavy (non-hydrogen) atoms. The summed E-state index contributed by atoms with van der Waals surface area (Å²) in [4.78, 5) is 26.6. The van der Waals surface area contributed by atoms with E-state index in [1.54, 1.807) is 24.3 Å². The topological polar surface area (TPSA) is 58.6 Å². The first-order valence-electron chi connectivity index (χ1n) is 8.47. The molecular formula is C20H22N2O3. The van der Waals surface area contributed by atoms with Gasteiger partial charge in [0.1, 0.15) is 11.8 Å². The molecule has 1 N–H and O–H groups in total. The fraction of sp³-hybridized carbons (Fsp3) is 0.300. The Labute approximate surface area is 147 Å². The average molecular weight is 338 g/mol. The summed E-state index contributed by atoms with van der Waals surface area (Å²) < 4.78 is 5.38. The summed E-state index contributed by atoms with van der Waals surface area (Å²) in [6.07, 6.45) is 0.944. The van der Waals surface area contributed by atoms with Crippen molar-refractivity contribution in [3.05, 3.63) is 59.7 Å². The molecule has 5 heteroatoms. The van der Waals surface area contributed by atoms with Crippen molar-refractivity contribution < 1.29 is 14.3 Å². The monoisotopic (exact) mass is 338 g/mol. The highest BCUT2D eigenvalue weighted by Crippen LogP contribution is 2.23. The lowest BCUT2D eigenvalue weighted by atomic mass is 10.1. The van der Waals surface area contributed by atoms with Gasteiger partial charge in [-0.3, -0.25) is 9.69 Å². The first kappa shape index (κ1) is 17.0. The van der Waals surface area contributed by atoms with Gasteiger partial charge in [-0.25, -0.2) is 4.79 Å². The molecular weight excluding hydrogens is 316 g/mol. The van der Waals surface area contributed by atoms with Crippen LogP contribution < -0.4 is 10.1 Å². The molecule has 0 aliphatic carbocycles. The number of rotatable bonds is 3. The zero-order chi connectivity index (χ0) is 17.8. The molecule has 0 radical (unpaired) electrons. The molecule has 1 heterocycles. The summed E-state index contributed by atoms with van der Waals surface area (Å²) in [5.41, 5.74) is 2.94. The van der Waals surface area contributed by atoms with E-state index in [-0.39, 0.29) is 5.91 Å². The molecule has 1 fully saturated rings. The molecule has 2 aromatic rings. The van der Waals surface area contributed by atoms with Gasteiger partial charge in [-0.05, 0) is 56.0 Å². The Bertz CT molecular complexity index is 774. The van der Waals surface area contributed by atoms with Gasteiger partial charge in [0, 0.05) is 12.2 Å². The van der Waals surface area contributed by atoms with Gasteiger partial charge >= 0.3 is 6.09 Å². The second kappa shape index (κ2) is 7.38. The average Bonchev–Trinajstić information content (AvgIpc) is 3.10. The van der Waals surface area contributed by atoms with Crippen LogP contribution in [0, 0.1) is 13.8 Å². The number of carbonyl (C=O) groups is 2. The SMILES string of the molecule is Cc1cccc(NC(=O)[C@H]2CCCN2C(=O)Oc2ccccc2)c1C. The largest absolute Gasteiger partial charge is 0.415 e. The molecule has 1 aliphatic heterocycles. The number of likely N-dealkylation sites (tertiary alicyclic amines) is 1. The molecule has 130 valence electrons. The number of aryl methyl sites for hydroxylation is 1. The molecule has 0 bridgehead atoms. The van der Waals surface area contributed by atoms with Crippen molar-refractivity contribution in [2.45, 2.75) is 32.7 Å². The number of hydrogen-bond acceptors (Lipinski definition) is 3. The normalized spacial score (nSPS) is 16.6. The maximum Gasteiger partial charge on any atom is 0.415 e. The molecule has 0 unspecified atom stereocenters. The van der Waals surface area contributed by atoms with E-state index >= 15 is 0 Å². The first-order valence-corrected chi connectivity index (χ1v) is 8.47. The van der Waals surface area contributed by atoms with Crippen LogP contribution in [0.4, 0.5) is 10.5 Å². The molecule has 3 rings (SSSR count). The quantitative estimate of drug-likeness (QED) is 0.923. The van der Waals surface area contributed by atoms with Crippen LogP contribution in [0.2, 0.25) is 0 Å². The minimum atomic E-state index is -0.504. The van der Waals surface area contributed by atoms with E-state index in [0.29, 0.717) is 18.7 Å². The van der Waals surface area contributed by atoms with E-state index in [1.807, 2.05) is 38.1 Å². The van der Waals surface area contributed by atoms with Crippen LogP contribution in [-0.4, -0.2) is 29.5 Å². The summed E-state index contributed by atoms with van der Waals surface area (Å²) in [5.74, 6) is 0.310. The van der Waals surface area contributed by atoms with E-state index in [9.17, 15) is 9.59 Å². The smallest absolute Gasteiger partial charge is 0.410 e. The fourth-order valence-electron chi connectivity index (χ4n) is 3.01. The number of hydrogen-bond donors (Lipinski definition) is 1. The second-order valence-electron chi connectivity index (χ2n) is 6.27. The number of ether oxygens (including phenoxy) is 1. The van der Waals surface area contributed by atoms with Crippen LogP contribution in [0.3, 0.4) is 0 Å². The molecule has 1 atom stereocenters. The van der Waals surface area contributed by atoms with Crippen LogP contribution in [0.5, 0.6) is 5.75 Å². The minimum absolute atomic E-state index is 0.170. The summed E-state index contributed by atoms with van der Waals surface area (Å²) >= 11 is 0. The van der Waals surface area contributed by atoms with Crippen molar-refractivity contribution in [2.75, 3.05) is 11.9 Å². The number of anilines is 1. The standard InChI is InChI=1S/C20H22N2O3/c1-14-8-6-11-17(15(14)2)21-19(23)18-12-7-13-22(18)20(24)25-16-9-4-3-5-10-16/h3-6,8-11,18H,7,12-13H2,1-2H3,(H,21,23)/t18-/m1/s1.